The summed E-state index contributed by atoms with van der Waals surface area (Å²) >= 11 is 1.57. The second kappa shape index (κ2) is 4.90. The summed E-state index contributed by atoms with van der Waals surface area (Å²) < 4.78 is 0. The fourth-order valence-electron chi connectivity index (χ4n) is 2.49. The topological polar surface area (TPSA) is 33.2 Å². The van der Waals surface area contributed by atoms with Gasteiger partial charge in [0, 0.05) is 24.3 Å². The van der Waals surface area contributed by atoms with Crippen LogP contribution in [0.15, 0.2) is 41.4 Å². The summed E-state index contributed by atoms with van der Waals surface area (Å²) in [5, 5.41) is 3.87. The molecular weight excluding hydrogens is 244 g/mol. The summed E-state index contributed by atoms with van der Waals surface area (Å²) in [5.41, 5.74) is 1.99. The van der Waals surface area contributed by atoms with E-state index < -0.39 is 0 Å². The van der Waals surface area contributed by atoms with Gasteiger partial charge in [0.1, 0.15) is 0 Å². The van der Waals surface area contributed by atoms with Crippen molar-refractivity contribution in [1.29, 1.82) is 0 Å². The molecule has 1 aliphatic rings. The van der Waals surface area contributed by atoms with Crippen molar-refractivity contribution in [3.05, 3.63) is 52.5 Å². The third-order valence-corrected chi connectivity index (χ3v) is 4.06. The number of amides is 1. The molecule has 1 saturated heterocycles. The molecule has 2 aromatic heterocycles. The molecular formula is C14H14N2OS. The van der Waals surface area contributed by atoms with E-state index >= 15 is 0 Å². The molecule has 3 nitrogen and oxygen atoms in total. The van der Waals surface area contributed by atoms with Gasteiger partial charge in [-0.25, -0.2) is 0 Å². The highest BCUT2D eigenvalue weighted by Crippen LogP contribution is 2.32. The first-order valence-corrected chi connectivity index (χ1v) is 7.03. The number of hydrogen-bond acceptors (Lipinski definition) is 3. The van der Waals surface area contributed by atoms with Crippen molar-refractivity contribution in [1.82, 2.24) is 9.88 Å². The molecule has 0 bridgehead atoms. The van der Waals surface area contributed by atoms with Crippen LogP contribution in [0.2, 0.25) is 0 Å². The number of thiophene rings is 1. The Labute approximate surface area is 110 Å². The van der Waals surface area contributed by atoms with Gasteiger partial charge in [0.2, 0.25) is 0 Å². The Morgan fingerprint density at radius 3 is 2.89 bits per heavy atom. The van der Waals surface area contributed by atoms with Gasteiger partial charge in [-0.15, -0.1) is 0 Å². The average molecular weight is 258 g/mol. The van der Waals surface area contributed by atoms with Crippen LogP contribution in [0, 0.1) is 0 Å². The highest BCUT2D eigenvalue weighted by atomic mass is 32.1. The van der Waals surface area contributed by atoms with E-state index in [1.165, 1.54) is 5.56 Å². The highest BCUT2D eigenvalue weighted by Gasteiger charge is 2.30. The summed E-state index contributed by atoms with van der Waals surface area (Å²) in [6.45, 7) is 0.849. The predicted octanol–water partition coefficient (Wildman–Crippen LogP) is 3.12. The maximum absolute atomic E-state index is 12.4. The van der Waals surface area contributed by atoms with Crippen molar-refractivity contribution in [3.8, 4) is 0 Å². The lowest BCUT2D eigenvalue weighted by atomic mass is 10.1. The van der Waals surface area contributed by atoms with Crippen molar-refractivity contribution in [2.24, 2.45) is 0 Å². The Balaban J connectivity index is 1.86. The van der Waals surface area contributed by atoms with Gasteiger partial charge in [-0.05, 0) is 42.0 Å². The zero-order chi connectivity index (χ0) is 12.4. The molecule has 3 rings (SSSR count). The van der Waals surface area contributed by atoms with Gasteiger partial charge < -0.3 is 4.90 Å². The van der Waals surface area contributed by atoms with Gasteiger partial charge >= 0.3 is 0 Å². The average Bonchev–Trinajstić information content (AvgIpc) is 3.10. The second-order valence-electron chi connectivity index (χ2n) is 4.45. The lowest BCUT2D eigenvalue weighted by Crippen LogP contribution is -2.30. The highest BCUT2D eigenvalue weighted by molar-refractivity contribution is 7.08. The first kappa shape index (κ1) is 11.4. The zero-order valence-electron chi connectivity index (χ0n) is 9.95. The van der Waals surface area contributed by atoms with E-state index in [1.54, 1.807) is 23.7 Å². The second-order valence-corrected chi connectivity index (χ2v) is 5.23. The predicted molar refractivity (Wildman–Crippen MR) is 71.6 cm³/mol. The van der Waals surface area contributed by atoms with Gasteiger partial charge in [-0.1, -0.05) is 0 Å². The van der Waals surface area contributed by atoms with Crippen LogP contribution in [0.25, 0.3) is 0 Å². The molecule has 0 radical (unpaired) electrons. The third-order valence-electron chi connectivity index (χ3n) is 3.37. The standard InChI is InChI=1S/C14H14N2OS/c17-14(12-5-9-18-10-12)16-8-1-2-13(16)11-3-6-15-7-4-11/h3-7,9-10,13H,1-2,8H2/t13-/m1/s1. The minimum absolute atomic E-state index is 0.149. The Morgan fingerprint density at radius 2 is 2.17 bits per heavy atom. The quantitative estimate of drug-likeness (QED) is 0.829. The van der Waals surface area contributed by atoms with Crippen molar-refractivity contribution in [2.75, 3.05) is 6.54 Å². The molecule has 0 aliphatic carbocycles. The van der Waals surface area contributed by atoms with Crippen molar-refractivity contribution >= 4 is 17.2 Å². The first-order valence-electron chi connectivity index (χ1n) is 6.09. The monoisotopic (exact) mass is 258 g/mol. The fourth-order valence-corrected chi connectivity index (χ4v) is 3.12. The summed E-state index contributed by atoms with van der Waals surface area (Å²) in [5.74, 6) is 0.149. The smallest absolute Gasteiger partial charge is 0.255 e. The molecule has 1 amide bonds. The van der Waals surface area contributed by atoms with Crippen LogP contribution in [0.4, 0.5) is 0 Å². The van der Waals surface area contributed by atoms with Crippen LogP contribution >= 0.6 is 11.3 Å². The molecule has 1 fully saturated rings. The lowest BCUT2D eigenvalue weighted by molar-refractivity contribution is 0.0736. The molecule has 2 aromatic rings. The van der Waals surface area contributed by atoms with Gasteiger partial charge in [0.05, 0.1) is 11.6 Å². The van der Waals surface area contributed by atoms with E-state index in [-0.39, 0.29) is 11.9 Å². The molecule has 92 valence electrons. The van der Waals surface area contributed by atoms with E-state index in [4.69, 9.17) is 0 Å². The maximum Gasteiger partial charge on any atom is 0.255 e. The lowest BCUT2D eigenvalue weighted by Gasteiger charge is -2.24. The molecule has 3 heterocycles. The van der Waals surface area contributed by atoms with E-state index in [9.17, 15) is 4.79 Å². The summed E-state index contributed by atoms with van der Waals surface area (Å²) in [4.78, 5) is 18.4. The minimum atomic E-state index is 0.149. The summed E-state index contributed by atoms with van der Waals surface area (Å²) in [6.07, 6.45) is 5.70. The molecule has 0 N–H and O–H groups in total. The largest absolute Gasteiger partial charge is 0.332 e. The molecule has 0 unspecified atom stereocenters. The third kappa shape index (κ3) is 2.04. The van der Waals surface area contributed by atoms with Gasteiger partial charge in [0.15, 0.2) is 0 Å². The van der Waals surface area contributed by atoms with Crippen LogP contribution in [0.1, 0.15) is 34.8 Å². The SMILES string of the molecule is O=C(c1ccsc1)N1CCC[C@@H]1c1ccncc1. The van der Waals surface area contributed by atoms with Crippen molar-refractivity contribution in [3.63, 3.8) is 0 Å². The molecule has 1 atom stereocenters. The Bertz CT molecular complexity index is 524. The van der Waals surface area contributed by atoms with Crippen LogP contribution in [0.3, 0.4) is 0 Å². The van der Waals surface area contributed by atoms with Crippen LogP contribution in [-0.2, 0) is 0 Å². The zero-order valence-corrected chi connectivity index (χ0v) is 10.8. The summed E-state index contributed by atoms with van der Waals surface area (Å²) in [7, 11) is 0. The maximum atomic E-state index is 12.4. The molecule has 0 aromatic carbocycles. The van der Waals surface area contributed by atoms with Crippen LogP contribution in [-0.4, -0.2) is 22.3 Å². The number of carbonyl (C=O) groups excluding carboxylic acids is 1. The Hall–Kier alpha value is -1.68. The van der Waals surface area contributed by atoms with Gasteiger partial charge in [-0.3, -0.25) is 9.78 Å². The van der Waals surface area contributed by atoms with E-state index in [0.29, 0.717) is 0 Å². The first-order chi connectivity index (χ1) is 8.86. The summed E-state index contributed by atoms with van der Waals surface area (Å²) in [6, 6.07) is 6.11. The van der Waals surface area contributed by atoms with Gasteiger partial charge in [0.25, 0.3) is 5.91 Å². The number of rotatable bonds is 2. The van der Waals surface area contributed by atoms with Crippen molar-refractivity contribution in [2.45, 2.75) is 18.9 Å². The number of aromatic nitrogens is 1. The Morgan fingerprint density at radius 1 is 1.33 bits per heavy atom. The number of carbonyl (C=O) groups is 1. The molecule has 0 spiro atoms. The Kier molecular flexibility index (Phi) is 3.11. The minimum Gasteiger partial charge on any atom is -0.332 e. The van der Waals surface area contributed by atoms with Crippen LogP contribution < -0.4 is 0 Å². The normalized spacial score (nSPS) is 19.1. The molecule has 0 saturated carbocycles. The van der Waals surface area contributed by atoms with Gasteiger partial charge in [-0.2, -0.15) is 11.3 Å². The molecule has 18 heavy (non-hydrogen) atoms. The fraction of sp³-hybridized carbons (Fsp3) is 0.286. The number of hydrogen-bond donors (Lipinski definition) is 0. The number of nitrogens with zero attached hydrogens (tertiary/aromatic N) is 2. The van der Waals surface area contributed by atoms with E-state index in [0.717, 1.165) is 24.9 Å². The van der Waals surface area contributed by atoms with Crippen molar-refractivity contribution < 1.29 is 4.79 Å². The van der Waals surface area contributed by atoms with Crippen LogP contribution in [0.5, 0.6) is 0 Å². The van der Waals surface area contributed by atoms with E-state index in [1.807, 2.05) is 33.9 Å². The number of pyridine rings is 1. The molecule has 1 aliphatic heterocycles. The van der Waals surface area contributed by atoms with E-state index in [2.05, 4.69) is 4.98 Å². The molecule has 4 heteroatoms. The number of likely N-dealkylation sites (tertiary alicyclic amines) is 1.